The Kier molecular flexibility index (Phi) is 3.61. The van der Waals surface area contributed by atoms with Crippen molar-refractivity contribution in [2.75, 3.05) is 17.3 Å². The summed E-state index contributed by atoms with van der Waals surface area (Å²) in [5.41, 5.74) is 0. The van der Waals surface area contributed by atoms with Gasteiger partial charge in [-0.05, 0) is 12.3 Å². The summed E-state index contributed by atoms with van der Waals surface area (Å²) in [6.07, 6.45) is 4.77. The summed E-state index contributed by atoms with van der Waals surface area (Å²) < 4.78 is 0. The van der Waals surface area contributed by atoms with Crippen LogP contribution in [0.25, 0.3) is 0 Å². The fourth-order valence-corrected chi connectivity index (χ4v) is 4.27. The summed E-state index contributed by atoms with van der Waals surface area (Å²) in [7, 11) is 0. The molecular weight excluding hydrogens is 200 g/mol. The van der Waals surface area contributed by atoms with Crippen molar-refractivity contribution in [3.05, 3.63) is 0 Å². The van der Waals surface area contributed by atoms with Gasteiger partial charge in [-0.3, -0.25) is 4.79 Å². The highest BCUT2D eigenvalue weighted by Gasteiger charge is 2.26. The first kappa shape index (κ1) is 9.91. The number of rotatable bonds is 4. The van der Waals surface area contributed by atoms with E-state index in [4.69, 9.17) is 0 Å². The fourth-order valence-electron chi connectivity index (χ4n) is 1.59. The summed E-state index contributed by atoms with van der Waals surface area (Å²) in [6, 6.07) is 0. The normalized spacial score (nSPS) is 28.8. The van der Waals surface area contributed by atoms with Crippen LogP contribution in [-0.4, -0.2) is 28.3 Å². The lowest BCUT2D eigenvalue weighted by Crippen LogP contribution is -2.24. The van der Waals surface area contributed by atoms with Gasteiger partial charge in [-0.2, -0.15) is 11.8 Å². The molecule has 2 fully saturated rings. The van der Waals surface area contributed by atoms with Gasteiger partial charge in [-0.1, -0.05) is 12.8 Å². The van der Waals surface area contributed by atoms with Crippen LogP contribution in [0.2, 0.25) is 0 Å². The van der Waals surface area contributed by atoms with E-state index in [0.29, 0.717) is 11.0 Å². The average Bonchev–Trinajstić information content (AvgIpc) is 2.99. The first-order valence-electron chi connectivity index (χ1n) is 5.08. The lowest BCUT2D eigenvalue weighted by molar-refractivity contribution is -0.118. The highest BCUT2D eigenvalue weighted by molar-refractivity contribution is 8.07. The molecule has 0 aromatic carbocycles. The van der Waals surface area contributed by atoms with Crippen molar-refractivity contribution in [2.45, 2.75) is 30.9 Å². The largest absolute Gasteiger partial charge is 0.298 e. The molecule has 1 aliphatic carbocycles. The number of Topliss-reactive ketones (excluding diaryl/α,β-unsaturated/α-hetero) is 1. The van der Waals surface area contributed by atoms with E-state index < -0.39 is 0 Å². The second-order valence-electron chi connectivity index (χ2n) is 3.88. The molecule has 1 saturated heterocycles. The van der Waals surface area contributed by atoms with Gasteiger partial charge in [0.1, 0.15) is 5.78 Å². The molecular formula is C10H16OS2. The molecule has 1 unspecified atom stereocenters. The third-order valence-corrected chi connectivity index (χ3v) is 5.47. The maximum absolute atomic E-state index is 11.7. The first-order valence-corrected chi connectivity index (χ1v) is 7.28. The lowest BCUT2D eigenvalue weighted by Gasteiger charge is -2.19. The Bertz CT molecular complexity index is 183. The zero-order valence-electron chi connectivity index (χ0n) is 7.83. The van der Waals surface area contributed by atoms with Crippen LogP contribution in [0.15, 0.2) is 0 Å². The predicted molar refractivity (Wildman–Crippen MR) is 60.5 cm³/mol. The summed E-state index contributed by atoms with van der Waals surface area (Å²) in [6.45, 7) is 0. The van der Waals surface area contributed by atoms with Crippen molar-refractivity contribution >= 4 is 29.3 Å². The van der Waals surface area contributed by atoms with Crippen LogP contribution in [0.4, 0.5) is 0 Å². The Morgan fingerprint density at radius 2 is 2.15 bits per heavy atom. The number of hydrogen-bond acceptors (Lipinski definition) is 3. The van der Waals surface area contributed by atoms with E-state index in [2.05, 4.69) is 0 Å². The van der Waals surface area contributed by atoms with Gasteiger partial charge in [-0.25, -0.2) is 0 Å². The maximum Gasteiger partial charge on any atom is 0.146 e. The molecule has 3 heteroatoms. The number of carbonyl (C=O) groups excluding carboxylic acids is 1. The Balaban J connectivity index is 1.67. The number of hydrogen-bond donors (Lipinski definition) is 0. The second kappa shape index (κ2) is 4.74. The van der Waals surface area contributed by atoms with Gasteiger partial charge < -0.3 is 0 Å². The molecule has 0 N–H and O–H groups in total. The van der Waals surface area contributed by atoms with Crippen molar-refractivity contribution in [1.82, 2.24) is 0 Å². The van der Waals surface area contributed by atoms with Crippen LogP contribution in [0.3, 0.4) is 0 Å². The van der Waals surface area contributed by atoms with Gasteiger partial charge in [0.05, 0.1) is 5.25 Å². The zero-order chi connectivity index (χ0) is 9.10. The van der Waals surface area contributed by atoms with Crippen LogP contribution in [0, 0.1) is 5.92 Å². The van der Waals surface area contributed by atoms with Crippen LogP contribution in [0.1, 0.15) is 25.7 Å². The molecule has 1 aliphatic heterocycles. The molecule has 1 saturated carbocycles. The molecule has 0 amide bonds. The van der Waals surface area contributed by atoms with E-state index in [9.17, 15) is 4.79 Å². The Labute approximate surface area is 88.4 Å². The molecule has 74 valence electrons. The molecule has 1 nitrogen and oxygen atoms in total. The summed E-state index contributed by atoms with van der Waals surface area (Å²) in [5.74, 6) is 4.89. The molecule has 0 aromatic rings. The second-order valence-corrected chi connectivity index (χ2v) is 6.34. The molecule has 0 aromatic heterocycles. The molecule has 0 bridgehead atoms. The van der Waals surface area contributed by atoms with Gasteiger partial charge in [0.25, 0.3) is 0 Å². The monoisotopic (exact) mass is 216 g/mol. The van der Waals surface area contributed by atoms with Gasteiger partial charge in [0, 0.05) is 23.7 Å². The molecule has 1 heterocycles. The molecule has 0 spiro atoms. The van der Waals surface area contributed by atoms with Crippen molar-refractivity contribution in [1.29, 1.82) is 0 Å². The fraction of sp³-hybridized carbons (Fsp3) is 0.900. The van der Waals surface area contributed by atoms with Gasteiger partial charge in [-0.15, -0.1) is 11.8 Å². The Morgan fingerprint density at radius 1 is 1.31 bits per heavy atom. The van der Waals surface area contributed by atoms with E-state index >= 15 is 0 Å². The number of thioether (sulfide) groups is 2. The van der Waals surface area contributed by atoms with E-state index in [-0.39, 0.29) is 0 Å². The standard InChI is InChI=1S/C10H16OS2/c11-9(4-3-8-1-2-8)10-7-12-5-6-13-10/h8,10H,1-7H2. The summed E-state index contributed by atoms with van der Waals surface area (Å²) >= 11 is 3.81. The van der Waals surface area contributed by atoms with Crippen molar-refractivity contribution in [3.8, 4) is 0 Å². The lowest BCUT2D eigenvalue weighted by atomic mass is 10.1. The van der Waals surface area contributed by atoms with E-state index in [1.54, 1.807) is 0 Å². The van der Waals surface area contributed by atoms with Gasteiger partial charge in [0.2, 0.25) is 0 Å². The summed E-state index contributed by atoms with van der Waals surface area (Å²) in [4.78, 5) is 11.7. The predicted octanol–water partition coefficient (Wildman–Crippen LogP) is 2.59. The molecule has 2 rings (SSSR count). The molecule has 0 radical (unpaired) electrons. The van der Waals surface area contributed by atoms with E-state index in [0.717, 1.165) is 18.1 Å². The maximum atomic E-state index is 11.7. The van der Waals surface area contributed by atoms with Gasteiger partial charge in [0.15, 0.2) is 0 Å². The van der Waals surface area contributed by atoms with Crippen molar-refractivity contribution < 1.29 is 4.79 Å². The van der Waals surface area contributed by atoms with Gasteiger partial charge >= 0.3 is 0 Å². The van der Waals surface area contributed by atoms with Crippen LogP contribution >= 0.6 is 23.5 Å². The molecule has 1 atom stereocenters. The minimum atomic E-state index is 0.331. The number of ketones is 1. The highest BCUT2D eigenvalue weighted by Crippen LogP contribution is 2.34. The molecule has 13 heavy (non-hydrogen) atoms. The first-order chi connectivity index (χ1) is 6.36. The third kappa shape index (κ3) is 3.21. The smallest absolute Gasteiger partial charge is 0.146 e. The summed E-state index contributed by atoms with van der Waals surface area (Å²) in [5, 5.41) is 0.331. The van der Waals surface area contributed by atoms with Crippen molar-refractivity contribution in [3.63, 3.8) is 0 Å². The average molecular weight is 216 g/mol. The SMILES string of the molecule is O=C(CCC1CC1)C1CSCCS1. The Hall–Kier alpha value is 0.370. The highest BCUT2D eigenvalue weighted by atomic mass is 32.2. The Morgan fingerprint density at radius 3 is 2.77 bits per heavy atom. The topological polar surface area (TPSA) is 17.1 Å². The quantitative estimate of drug-likeness (QED) is 0.719. The third-order valence-electron chi connectivity index (χ3n) is 2.67. The van der Waals surface area contributed by atoms with E-state index in [1.165, 1.54) is 30.8 Å². The van der Waals surface area contributed by atoms with Crippen LogP contribution in [-0.2, 0) is 4.79 Å². The minimum absolute atomic E-state index is 0.331. The zero-order valence-corrected chi connectivity index (χ0v) is 9.46. The minimum Gasteiger partial charge on any atom is -0.298 e. The molecule has 2 aliphatic rings. The number of carbonyl (C=O) groups is 1. The van der Waals surface area contributed by atoms with Crippen LogP contribution < -0.4 is 0 Å². The van der Waals surface area contributed by atoms with Crippen molar-refractivity contribution in [2.24, 2.45) is 5.92 Å². The van der Waals surface area contributed by atoms with Crippen LogP contribution in [0.5, 0.6) is 0 Å². The van der Waals surface area contributed by atoms with E-state index in [1.807, 2.05) is 23.5 Å².